The average molecular weight is 291 g/mol. The fraction of sp³-hybridized carbons (Fsp3) is 0.154. The molecule has 0 saturated heterocycles. The number of ether oxygens (including phenoxy) is 1. The van der Waals surface area contributed by atoms with Gasteiger partial charge in [-0.15, -0.1) is 0 Å². The molecule has 0 aliphatic carbocycles. The highest BCUT2D eigenvalue weighted by molar-refractivity contribution is 5.84. The van der Waals surface area contributed by atoms with Crippen LogP contribution in [0, 0.1) is 11.6 Å². The van der Waals surface area contributed by atoms with Gasteiger partial charge < -0.3 is 10.5 Å². The maximum atomic E-state index is 13.1. The fourth-order valence-electron chi connectivity index (χ4n) is 1.92. The van der Waals surface area contributed by atoms with Gasteiger partial charge in [0.05, 0.1) is 11.6 Å². The number of hydrogen-bond acceptors (Lipinski definition) is 5. The summed E-state index contributed by atoms with van der Waals surface area (Å²) in [7, 11) is 1.72. The topological polar surface area (TPSA) is 78.9 Å². The normalized spacial score (nSPS) is 11.0. The van der Waals surface area contributed by atoms with Crippen molar-refractivity contribution in [1.82, 2.24) is 19.7 Å². The summed E-state index contributed by atoms with van der Waals surface area (Å²) in [5.74, 6) is -0.801. The molecule has 3 rings (SSSR count). The number of anilines is 1. The summed E-state index contributed by atoms with van der Waals surface area (Å²) in [5, 5.41) is 4.67. The summed E-state index contributed by atoms with van der Waals surface area (Å²) >= 11 is 0. The molecule has 3 aromatic rings. The minimum absolute atomic E-state index is 0.0553. The third-order valence-electron chi connectivity index (χ3n) is 2.87. The summed E-state index contributed by atoms with van der Waals surface area (Å²) in [5.41, 5.74) is 6.37. The summed E-state index contributed by atoms with van der Waals surface area (Å²) in [6, 6.07) is 2.92. The Morgan fingerprint density at radius 3 is 2.62 bits per heavy atom. The standard InChI is InChI=1S/C13H11F2N5O/c1-20-13-10(5-17-20)12(16)18-11(19-13)6-21-9-3-7(14)2-8(15)4-9/h2-5H,6H2,1H3,(H2,16,18,19). The summed E-state index contributed by atoms with van der Waals surface area (Å²) in [4.78, 5) is 8.33. The van der Waals surface area contributed by atoms with E-state index in [0.29, 0.717) is 16.9 Å². The van der Waals surface area contributed by atoms with Crippen LogP contribution in [0.3, 0.4) is 0 Å². The van der Waals surface area contributed by atoms with E-state index in [9.17, 15) is 8.78 Å². The van der Waals surface area contributed by atoms with Crippen LogP contribution in [0.25, 0.3) is 11.0 Å². The van der Waals surface area contributed by atoms with E-state index in [-0.39, 0.29) is 18.2 Å². The highest BCUT2D eigenvalue weighted by Crippen LogP contribution is 2.19. The summed E-state index contributed by atoms with van der Waals surface area (Å²) in [6.07, 6.45) is 1.57. The van der Waals surface area contributed by atoms with Crippen molar-refractivity contribution >= 4 is 16.9 Å². The van der Waals surface area contributed by atoms with E-state index in [4.69, 9.17) is 10.5 Å². The first-order chi connectivity index (χ1) is 10.0. The molecule has 2 aromatic heterocycles. The number of aromatic nitrogens is 4. The second kappa shape index (κ2) is 4.97. The lowest BCUT2D eigenvalue weighted by Crippen LogP contribution is -2.06. The van der Waals surface area contributed by atoms with Crippen molar-refractivity contribution in [2.24, 2.45) is 7.05 Å². The Morgan fingerprint density at radius 1 is 1.19 bits per heavy atom. The average Bonchev–Trinajstić information content (AvgIpc) is 2.78. The number of halogens is 2. The smallest absolute Gasteiger partial charge is 0.170 e. The van der Waals surface area contributed by atoms with Crippen LogP contribution in [0.5, 0.6) is 5.75 Å². The quantitative estimate of drug-likeness (QED) is 0.796. The number of nitrogens with two attached hydrogens (primary N) is 1. The van der Waals surface area contributed by atoms with Crippen molar-refractivity contribution in [3.63, 3.8) is 0 Å². The van der Waals surface area contributed by atoms with Gasteiger partial charge in [0.15, 0.2) is 11.5 Å². The molecule has 0 bridgehead atoms. The second-order valence-electron chi connectivity index (χ2n) is 4.42. The molecule has 0 atom stereocenters. The molecule has 2 heterocycles. The zero-order valence-corrected chi connectivity index (χ0v) is 11.0. The van der Waals surface area contributed by atoms with Crippen LogP contribution < -0.4 is 10.5 Å². The monoisotopic (exact) mass is 291 g/mol. The van der Waals surface area contributed by atoms with Crippen molar-refractivity contribution in [3.05, 3.63) is 41.9 Å². The first kappa shape index (κ1) is 13.2. The van der Waals surface area contributed by atoms with Gasteiger partial charge in [-0.1, -0.05) is 0 Å². The third kappa shape index (κ3) is 2.60. The third-order valence-corrected chi connectivity index (χ3v) is 2.87. The highest BCUT2D eigenvalue weighted by Gasteiger charge is 2.10. The van der Waals surface area contributed by atoms with Gasteiger partial charge in [-0.25, -0.2) is 18.7 Å². The highest BCUT2D eigenvalue weighted by atomic mass is 19.1. The molecule has 0 amide bonds. The number of nitrogen functional groups attached to an aromatic ring is 1. The lowest BCUT2D eigenvalue weighted by molar-refractivity contribution is 0.293. The van der Waals surface area contributed by atoms with Gasteiger partial charge in [-0.05, 0) is 0 Å². The van der Waals surface area contributed by atoms with E-state index >= 15 is 0 Å². The van der Waals surface area contributed by atoms with Crippen LogP contribution in [0.4, 0.5) is 14.6 Å². The Balaban J connectivity index is 1.86. The largest absolute Gasteiger partial charge is 0.485 e. The van der Waals surface area contributed by atoms with Gasteiger partial charge in [-0.3, -0.25) is 4.68 Å². The van der Waals surface area contributed by atoms with Gasteiger partial charge in [0.1, 0.15) is 29.8 Å². The van der Waals surface area contributed by atoms with Crippen LogP contribution in [0.1, 0.15) is 5.82 Å². The summed E-state index contributed by atoms with van der Waals surface area (Å²) < 4.78 is 32.9. The maximum Gasteiger partial charge on any atom is 0.170 e. The number of benzene rings is 1. The van der Waals surface area contributed by atoms with Crippen LogP contribution >= 0.6 is 0 Å². The SMILES string of the molecule is Cn1ncc2c(N)nc(COc3cc(F)cc(F)c3)nc21. The number of rotatable bonds is 3. The second-order valence-corrected chi connectivity index (χ2v) is 4.42. The van der Waals surface area contributed by atoms with Crippen LogP contribution in [0.15, 0.2) is 24.4 Å². The predicted molar refractivity (Wildman–Crippen MR) is 71.4 cm³/mol. The molecule has 0 fully saturated rings. The van der Waals surface area contributed by atoms with E-state index in [1.165, 1.54) is 0 Å². The maximum absolute atomic E-state index is 13.1. The molecular weight excluding hydrogens is 280 g/mol. The molecule has 8 heteroatoms. The van der Waals surface area contributed by atoms with Crippen molar-refractivity contribution in [1.29, 1.82) is 0 Å². The molecule has 0 aliphatic rings. The number of nitrogens with zero attached hydrogens (tertiary/aromatic N) is 4. The minimum Gasteiger partial charge on any atom is -0.485 e. The van der Waals surface area contributed by atoms with Gasteiger partial charge in [0, 0.05) is 25.2 Å². The molecule has 2 N–H and O–H groups in total. The van der Waals surface area contributed by atoms with Crippen molar-refractivity contribution in [2.75, 3.05) is 5.73 Å². The first-order valence-electron chi connectivity index (χ1n) is 6.06. The van der Waals surface area contributed by atoms with E-state index in [2.05, 4.69) is 15.1 Å². The Morgan fingerprint density at radius 2 is 1.90 bits per heavy atom. The first-order valence-corrected chi connectivity index (χ1v) is 6.06. The van der Waals surface area contributed by atoms with Gasteiger partial charge in [-0.2, -0.15) is 5.10 Å². The molecule has 6 nitrogen and oxygen atoms in total. The molecule has 1 aromatic carbocycles. The zero-order chi connectivity index (χ0) is 15.0. The number of hydrogen-bond donors (Lipinski definition) is 1. The van der Waals surface area contributed by atoms with E-state index < -0.39 is 11.6 Å². The van der Waals surface area contributed by atoms with Crippen LogP contribution in [-0.4, -0.2) is 19.7 Å². The molecule has 0 aliphatic heterocycles. The Kier molecular flexibility index (Phi) is 3.13. The molecule has 0 radical (unpaired) electrons. The molecular formula is C13H11F2N5O. The molecule has 108 valence electrons. The number of fused-ring (bicyclic) bond motifs is 1. The number of aryl methyl sites for hydroxylation is 1. The molecule has 0 unspecified atom stereocenters. The lowest BCUT2D eigenvalue weighted by Gasteiger charge is -2.07. The van der Waals surface area contributed by atoms with Crippen LogP contribution in [0.2, 0.25) is 0 Å². The molecule has 21 heavy (non-hydrogen) atoms. The Hall–Kier alpha value is -2.77. The Bertz CT molecular complexity index is 797. The van der Waals surface area contributed by atoms with Gasteiger partial charge in [0.2, 0.25) is 0 Å². The zero-order valence-electron chi connectivity index (χ0n) is 11.0. The van der Waals surface area contributed by atoms with E-state index in [1.54, 1.807) is 17.9 Å². The fourth-order valence-corrected chi connectivity index (χ4v) is 1.92. The van der Waals surface area contributed by atoms with Crippen molar-refractivity contribution in [3.8, 4) is 5.75 Å². The van der Waals surface area contributed by atoms with E-state index in [1.807, 2.05) is 0 Å². The van der Waals surface area contributed by atoms with Crippen LogP contribution in [-0.2, 0) is 13.7 Å². The lowest BCUT2D eigenvalue weighted by atomic mass is 10.3. The Labute approximate surface area is 118 Å². The van der Waals surface area contributed by atoms with Crippen molar-refractivity contribution in [2.45, 2.75) is 6.61 Å². The van der Waals surface area contributed by atoms with Crippen molar-refractivity contribution < 1.29 is 13.5 Å². The molecule has 0 saturated carbocycles. The minimum atomic E-state index is -0.715. The van der Waals surface area contributed by atoms with Gasteiger partial charge >= 0.3 is 0 Å². The van der Waals surface area contributed by atoms with E-state index in [0.717, 1.165) is 18.2 Å². The molecule has 0 spiro atoms. The predicted octanol–water partition coefficient (Wildman–Crippen LogP) is 1.80. The van der Waals surface area contributed by atoms with Gasteiger partial charge in [0.25, 0.3) is 0 Å². The summed E-state index contributed by atoms with van der Waals surface area (Å²) in [6.45, 7) is -0.0613.